The van der Waals surface area contributed by atoms with Gasteiger partial charge in [0.2, 0.25) is 0 Å². The van der Waals surface area contributed by atoms with Crippen LogP contribution in [0.15, 0.2) is 48.5 Å². The number of hydrogen-bond donors (Lipinski definition) is 0. The van der Waals surface area contributed by atoms with Crippen LogP contribution in [0.2, 0.25) is 0 Å². The third kappa shape index (κ3) is 3.06. The molecule has 0 N–H and O–H groups in total. The number of hydrogen-bond acceptors (Lipinski definition) is 4. The quantitative estimate of drug-likeness (QED) is 0.478. The van der Waals surface area contributed by atoms with Crippen molar-refractivity contribution in [3.05, 3.63) is 86.3 Å². The highest BCUT2D eigenvalue weighted by molar-refractivity contribution is 5.44. The van der Waals surface area contributed by atoms with Crippen molar-refractivity contribution in [1.29, 1.82) is 0 Å². The lowest BCUT2D eigenvalue weighted by Gasteiger charge is -1.95. The minimum absolute atomic E-state index is 0.0286. The number of benzene rings is 2. The topological polar surface area (TPSA) is 86.3 Å². The third-order valence-electron chi connectivity index (χ3n) is 2.54. The molecule has 6 heteroatoms. The summed E-state index contributed by atoms with van der Waals surface area (Å²) < 4.78 is 0. The molecule has 0 radical (unpaired) electrons. The molecule has 0 spiro atoms. The van der Waals surface area contributed by atoms with Gasteiger partial charge in [-0.3, -0.25) is 20.2 Å². The van der Waals surface area contributed by atoms with Gasteiger partial charge in [-0.25, -0.2) is 0 Å². The average molecular weight is 257 g/mol. The van der Waals surface area contributed by atoms with E-state index in [9.17, 15) is 20.2 Å². The van der Waals surface area contributed by atoms with Gasteiger partial charge in [0.15, 0.2) is 0 Å². The number of nitrogens with zero attached hydrogens (tertiary/aromatic N) is 2. The van der Waals surface area contributed by atoms with Crippen LogP contribution in [0, 0.1) is 26.6 Å². The Bertz CT molecular complexity index is 550. The molecule has 19 heavy (non-hydrogen) atoms. The van der Waals surface area contributed by atoms with Crippen molar-refractivity contribution in [3.8, 4) is 0 Å². The van der Waals surface area contributed by atoms with E-state index < -0.39 is 9.85 Å². The van der Waals surface area contributed by atoms with E-state index in [0.29, 0.717) is 0 Å². The van der Waals surface area contributed by atoms with Crippen LogP contribution in [0.3, 0.4) is 0 Å². The second-order valence-electron chi connectivity index (χ2n) is 3.84. The Morgan fingerprint density at radius 1 is 0.684 bits per heavy atom. The summed E-state index contributed by atoms with van der Waals surface area (Å²) in [5.41, 5.74) is 1.64. The molecule has 0 bridgehead atoms. The zero-order valence-electron chi connectivity index (χ0n) is 9.72. The zero-order valence-corrected chi connectivity index (χ0v) is 9.72. The number of rotatable bonds is 4. The normalized spacial score (nSPS) is 9.89. The molecule has 0 aliphatic carbocycles. The molecule has 0 saturated heterocycles. The van der Waals surface area contributed by atoms with Gasteiger partial charge in [0.25, 0.3) is 11.4 Å². The average Bonchev–Trinajstić information content (AvgIpc) is 2.40. The predicted molar refractivity (Wildman–Crippen MR) is 68.7 cm³/mol. The van der Waals surface area contributed by atoms with Gasteiger partial charge >= 0.3 is 0 Å². The van der Waals surface area contributed by atoms with Crippen LogP contribution in [0.5, 0.6) is 0 Å². The fourth-order valence-corrected chi connectivity index (χ4v) is 1.58. The fourth-order valence-electron chi connectivity index (χ4n) is 1.58. The SMILES string of the molecule is O=[N+]([O-])c1ccc([CH+]c2ccc([N+](=O)[O-])cc2)cc1. The molecular formula is C13H9N2O4+. The molecule has 0 aliphatic rings. The van der Waals surface area contributed by atoms with Crippen molar-refractivity contribution >= 4 is 11.4 Å². The van der Waals surface area contributed by atoms with E-state index in [-0.39, 0.29) is 11.4 Å². The summed E-state index contributed by atoms with van der Waals surface area (Å²) in [4.78, 5) is 20.1. The van der Waals surface area contributed by atoms with Crippen LogP contribution < -0.4 is 0 Å². The highest BCUT2D eigenvalue weighted by Gasteiger charge is 2.11. The molecular weight excluding hydrogens is 248 g/mol. The van der Waals surface area contributed by atoms with Gasteiger partial charge in [-0.2, -0.15) is 0 Å². The van der Waals surface area contributed by atoms with Crippen molar-refractivity contribution in [3.63, 3.8) is 0 Å². The van der Waals surface area contributed by atoms with Crippen LogP contribution in [0.4, 0.5) is 11.4 Å². The second-order valence-corrected chi connectivity index (χ2v) is 3.84. The van der Waals surface area contributed by atoms with E-state index in [1.165, 1.54) is 24.3 Å². The maximum Gasteiger partial charge on any atom is 0.284 e. The summed E-state index contributed by atoms with van der Waals surface area (Å²) in [7, 11) is 0. The van der Waals surface area contributed by atoms with Crippen LogP contribution >= 0.6 is 0 Å². The summed E-state index contributed by atoms with van der Waals surface area (Å²) in [6.45, 7) is 0. The third-order valence-corrected chi connectivity index (χ3v) is 2.54. The van der Waals surface area contributed by atoms with Crippen LogP contribution in [-0.4, -0.2) is 9.85 Å². The van der Waals surface area contributed by atoms with Crippen molar-refractivity contribution in [2.24, 2.45) is 0 Å². The van der Waals surface area contributed by atoms with Crippen molar-refractivity contribution in [2.75, 3.05) is 0 Å². The highest BCUT2D eigenvalue weighted by Crippen LogP contribution is 2.18. The number of non-ortho nitro benzene ring substituents is 2. The Kier molecular flexibility index (Phi) is 3.42. The van der Waals surface area contributed by atoms with Crippen molar-refractivity contribution < 1.29 is 9.85 Å². The predicted octanol–water partition coefficient (Wildman–Crippen LogP) is 3.10. The Labute approximate surface area is 108 Å². The lowest BCUT2D eigenvalue weighted by molar-refractivity contribution is -0.385. The molecule has 2 aromatic rings. The van der Waals surface area contributed by atoms with E-state index in [1.54, 1.807) is 30.7 Å². The van der Waals surface area contributed by atoms with Gasteiger partial charge in [-0.15, -0.1) is 0 Å². The van der Waals surface area contributed by atoms with E-state index in [2.05, 4.69) is 0 Å². The molecule has 0 aromatic heterocycles. The summed E-state index contributed by atoms with van der Waals surface area (Å²) in [5, 5.41) is 21.0. The van der Waals surface area contributed by atoms with E-state index in [1.807, 2.05) is 0 Å². The highest BCUT2D eigenvalue weighted by atomic mass is 16.6. The van der Waals surface area contributed by atoms with E-state index in [4.69, 9.17) is 0 Å². The molecule has 94 valence electrons. The van der Waals surface area contributed by atoms with E-state index in [0.717, 1.165) is 11.1 Å². The maximum absolute atomic E-state index is 10.5. The van der Waals surface area contributed by atoms with Gasteiger partial charge in [-0.05, 0) is 0 Å². The van der Waals surface area contributed by atoms with Gasteiger partial charge in [0, 0.05) is 30.7 Å². The van der Waals surface area contributed by atoms with Gasteiger partial charge in [-0.1, -0.05) is 0 Å². The first-order valence-corrected chi connectivity index (χ1v) is 5.40. The Balaban J connectivity index is 2.12. The van der Waals surface area contributed by atoms with Crippen molar-refractivity contribution in [1.82, 2.24) is 0 Å². The fraction of sp³-hybridized carbons (Fsp3) is 0. The largest absolute Gasteiger partial charge is 0.284 e. The first-order chi connectivity index (χ1) is 9.06. The molecule has 2 rings (SSSR count). The first kappa shape index (κ1) is 12.6. The Morgan fingerprint density at radius 2 is 1.00 bits per heavy atom. The maximum atomic E-state index is 10.5. The smallest absolute Gasteiger partial charge is 0.258 e. The van der Waals surface area contributed by atoms with Crippen LogP contribution in [0.1, 0.15) is 11.1 Å². The van der Waals surface area contributed by atoms with Crippen molar-refractivity contribution in [2.45, 2.75) is 0 Å². The lowest BCUT2D eigenvalue weighted by Crippen LogP contribution is -1.90. The van der Waals surface area contributed by atoms with E-state index >= 15 is 0 Å². The molecule has 0 saturated carbocycles. The van der Waals surface area contributed by atoms with Gasteiger partial charge < -0.3 is 0 Å². The van der Waals surface area contributed by atoms with Gasteiger partial charge in [0.1, 0.15) is 0 Å². The zero-order chi connectivity index (χ0) is 13.8. The standard InChI is InChI=1S/C13H9N2O4/c16-14(17)12-5-1-10(2-6-12)9-11-3-7-13(8-4-11)15(18)19/h1-9H/q+1. The molecule has 0 fully saturated rings. The number of nitro groups is 2. The van der Waals surface area contributed by atoms with Gasteiger partial charge in [0.05, 0.1) is 45.2 Å². The summed E-state index contributed by atoms with van der Waals surface area (Å²) in [6.07, 6.45) is 1.79. The summed E-state index contributed by atoms with van der Waals surface area (Å²) in [5.74, 6) is 0. The minimum atomic E-state index is -0.463. The Morgan fingerprint density at radius 3 is 1.26 bits per heavy atom. The number of nitro benzene ring substituents is 2. The first-order valence-electron chi connectivity index (χ1n) is 5.40. The molecule has 0 atom stereocenters. The molecule has 0 heterocycles. The molecule has 0 aliphatic heterocycles. The Hall–Kier alpha value is -2.89. The van der Waals surface area contributed by atoms with Crippen LogP contribution in [-0.2, 0) is 0 Å². The van der Waals surface area contributed by atoms with Crippen LogP contribution in [0.25, 0.3) is 0 Å². The lowest BCUT2D eigenvalue weighted by atomic mass is 10.0. The molecule has 6 nitrogen and oxygen atoms in total. The monoisotopic (exact) mass is 257 g/mol. The molecule has 0 amide bonds. The molecule has 0 unspecified atom stereocenters. The minimum Gasteiger partial charge on any atom is -0.258 e. The summed E-state index contributed by atoms with van der Waals surface area (Å²) >= 11 is 0. The summed E-state index contributed by atoms with van der Waals surface area (Å²) in [6, 6.07) is 12.2. The second kappa shape index (κ2) is 5.18. The molecule has 2 aromatic carbocycles.